The minimum absolute atomic E-state index is 0.0194. The summed E-state index contributed by atoms with van der Waals surface area (Å²) >= 11 is 1.28. The molecule has 6 heteroatoms. The molecule has 0 bridgehead atoms. The lowest BCUT2D eigenvalue weighted by molar-refractivity contribution is -0.384. The predicted molar refractivity (Wildman–Crippen MR) is 76.8 cm³/mol. The number of aliphatic hydroxyl groups excluding tert-OH is 1. The predicted octanol–water partition coefficient (Wildman–Crippen LogP) is 2.81. The third-order valence-electron chi connectivity index (χ3n) is 3.39. The van der Waals surface area contributed by atoms with E-state index in [0.29, 0.717) is 12.8 Å². The number of Topliss-reactive ketones (excluding diaryl/α,β-unsaturated/α-hetero) is 1. The number of rotatable bonds is 3. The van der Waals surface area contributed by atoms with E-state index >= 15 is 0 Å². The summed E-state index contributed by atoms with van der Waals surface area (Å²) in [4.78, 5) is 23.0. The van der Waals surface area contributed by atoms with Crippen molar-refractivity contribution in [3.8, 4) is 0 Å². The summed E-state index contributed by atoms with van der Waals surface area (Å²) in [7, 11) is 0. The van der Waals surface area contributed by atoms with E-state index in [4.69, 9.17) is 0 Å². The van der Waals surface area contributed by atoms with Crippen molar-refractivity contribution in [2.75, 3.05) is 0 Å². The normalized spacial score (nSPS) is 25.4. The van der Waals surface area contributed by atoms with Gasteiger partial charge in [0.15, 0.2) is 0 Å². The number of non-ortho nitro benzene ring substituents is 1. The van der Waals surface area contributed by atoms with Gasteiger partial charge in [0.05, 0.1) is 16.3 Å². The van der Waals surface area contributed by atoms with Crippen molar-refractivity contribution in [1.82, 2.24) is 0 Å². The Kier molecular flexibility index (Phi) is 4.15. The van der Waals surface area contributed by atoms with Gasteiger partial charge in [0.2, 0.25) is 0 Å². The molecule has 0 aliphatic heterocycles. The summed E-state index contributed by atoms with van der Waals surface area (Å²) in [5, 5.41) is 20.2. The zero-order chi connectivity index (χ0) is 14.9. The lowest BCUT2D eigenvalue weighted by atomic mass is 9.75. The Hall–Kier alpha value is -1.40. The first-order chi connectivity index (χ1) is 9.28. The number of nitrogens with zero attached hydrogens (tertiary/aromatic N) is 1. The van der Waals surface area contributed by atoms with Gasteiger partial charge in [0.1, 0.15) is 5.78 Å². The van der Waals surface area contributed by atoms with E-state index in [0.717, 1.165) is 4.90 Å². The SMILES string of the molecule is CC1(C)CC(=O)[C@H](Sc2ccc([N+](=O)[O-])cc2)[C@@H](O)C1. The van der Waals surface area contributed by atoms with Gasteiger partial charge in [-0.15, -0.1) is 11.8 Å². The Labute approximate surface area is 121 Å². The third-order valence-corrected chi connectivity index (χ3v) is 4.77. The van der Waals surface area contributed by atoms with Crippen LogP contribution >= 0.6 is 11.8 Å². The van der Waals surface area contributed by atoms with Gasteiger partial charge in [0.25, 0.3) is 5.69 Å². The van der Waals surface area contributed by atoms with E-state index in [1.165, 1.54) is 23.9 Å². The van der Waals surface area contributed by atoms with Crippen molar-refractivity contribution in [1.29, 1.82) is 0 Å². The zero-order valence-corrected chi connectivity index (χ0v) is 12.2. The van der Waals surface area contributed by atoms with Crippen LogP contribution in [-0.2, 0) is 4.79 Å². The van der Waals surface area contributed by atoms with Gasteiger partial charge >= 0.3 is 0 Å². The number of ketones is 1. The van der Waals surface area contributed by atoms with Crippen LogP contribution in [0, 0.1) is 15.5 Å². The van der Waals surface area contributed by atoms with Crippen LogP contribution in [0.2, 0.25) is 0 Å². The molecule has 5 nitrogen and oxygen atoms in total. The van der Waals surface area contributed by atoms with E-state index < -0.39 is 16.3 Å². The van der Waals surface area contributed by atoms with E-state index in [2.05, 4.69) is 0 Å². The van der Waals surface area contributed by atoms with Gasteiger partial charge in [-0.05, 0) is 24.0 Å². The van der Waals surface area contributed by atoms with Crippen LogP contribution in [0.15, 0.2) is 29.2 Å². The van der Waals surface area contributed by atoms with Crippen molar-refractivity contribution in [3.05, 3.63) is 34.4 Å². The highest BCUT2D eigenvalue weighted by molar-refractivity contribution is 8.00. The number of hydrogen-bond acceptors (Lipinski definition) is 5. The summed E-state index contributed by atoms with van der Waals surface area (Å²) in [6, 6.07) is 6.04. The van der Waals surface area contributed by atoms with Crippen molar-refractivity contribution in [2.24, 2.45) is 5.41 Å². The molecule has 2 atom stereocenters. The monoisotopic (exact) mass is 295 g/mol. The molecule has 1 aromatic carbocycles. The fraction of sp³-hybridized carbons (Fsp3) is 0.500. The topological polar surface area (TPSA) is 80.4 Å². The second kappa shape index (κ2) is 5.54. The number of hydrogen-bond donors (Lipinski definition) is 1. The van der Waals surface area contributed by atoms with Gasteiger partial charge in [-0.1, -0.05) is 13.8 Å². The van der Waals surface area contributed by atoms with E-state index in [1.807, 2.05) is 13.8 Å². The maximum Gasteiger partial charge on any atom is 0.269 e. The van der Waals surface area contributed by atoms with Crippen LogP contribution in [0.1, 0.15) is 26.7 Å². The molecule has 0 spiro atoms. The highest BCUT2D eigenvalue weighted by Crippen LogP contribution is 2.40. The Morgan fingerprint density at radius 1 is 1.35 bits per heavy atom. The molecule has 2 rings (SSSR count). The Morgan fingerprint density at radius 2 is 1.95 bits per heavy atom. The number of nitro benzene ring substituents is 1. The first kappa shape index (κ1) is 15.0. The quantitative estimate of drug-likeness (QED) is 0.685. The van der Waals surface area contributed by atoms with Crippen LogP contribution in [-0.4, -0.2) is 27.2 Å². The zero-order valence-electron chi connectivity index (χ0n) is 11.4. The summed E-state index contributed by atoms with van der Waals surface area (Å²) in [6.45, 7) is 3.95. The highest BCUT2D eigenvalue weighted by atomic mass is 32.2. The van der Waals surface area contributed by atoms with Crippen LogP contribution in [0.5, 0.6) is 0 Å². The molecule has 1 aromatic rings. The molecule has 0 heterocycles. The van der Waals surface area contributed by atoms with E-state index in [9.17, 15) is 20.0 Å². The molecule has 1 aliphatic rings. The van der Waals surface area contributed by atoms with Crippen LogP contribution < -0.4 is 0 Å². The molecular formula is C14H17NO4S. The highest BCUT2D eigenvalue weighted by Gasteiger charge is 2.40. The second-order valence-corrected chi connectivity index (χ2v) is 7.08. The van der Waals surface area contributed by atoms with Crippen molar-refractivity contribution in [3.63, 3.8) is 0 Å². The summed E-state index contributed by atoms with van der Waals surface area (Å²) in [6.07, 6.45) is 0.365. The summed E-state index contributed by atoms with van der Waals surface area (Å²) in [5.41, 5.74) is -0.144. The molecule has 1 N–H and O–H groups in total. The number of benzene rings is 1. The van der Waals surface area contributed by atoms with Crippen molar-refractivity contribution in [2.45, 2.75) is 42.9 Å². The minimum Gasteiger partial charge on any atom is -0.391 e. The fourth-order valence-corrected chi connectivity index (χ4v) is 3.52. The molecule has 1 aliphatic carbocycles. The van der Waals surface area contributed by atoms with E-state index in [-0.39, 0.29) is 16.9 Å². The van der Waals surface area contributed by atoms with Crippen LogP contribution in [0.3, 0.4) is 0 Å². The van der Waals surface area contributed by atoms with Gasteiger partial charge in [-0.3, -0.25) is 14.9 Å². The van der Waals surface area contributed by atoms with Gasteiger partial charge in [-0.25, -0.2) is 0 Å². The average molecular weight is 295 g/mol. The smallest absolute Gasteiger partial charge is 0.269 e. The Morgan fingerprint density at radius 3 is 2.45 bits per heavy atom. The van der Waals surface area contributed by atoms with Crippen molar-refractivity contribution >= 4 is 23.2 Å². The van der Waals surface area contributed by atoms with Crippen molar-refractivity contribution < 1.29 is 14.8 Å². The summed E-state index contributed by atoms with van der Waals surface area (Å²) < 4.78 is 0. The number of thioether (sulfide) groups is 1. The Balaban J connectivity index is 2.09. The van der Waals surface area contributed by atoms with E-state index in [1.54, 1.807) is 12.1 Å². The lowest BCUT2D eigenvalue weighted by Gasteiger charge is -2.36. The molecule has 0 radical (unpaired) electrons. The van der Waals surface area contributed by atoms with Crippen LogP contribution in [0.25, 0.3) is 0 Å². The summed E-state index contributed by atoms with van der Waals surface area (Å²) in [5.74, 6) is 0.0390. The molecule has 108 valence electrons. The van der Waals surface area contributed by atoms with Gasteiger partial charge in [-0.2, -0.15) is 0 Å². The molecule has 0 amide bonds. The molecule has 1 saturated carbocycles. The molecule has 20 heavy (non-hydrogen) atoms. The maximum absolute atomic E-state index is 12.1. The second-order valence-electron chi connectivity index (χ2n) is 5.87. The first-order valence-electron chi connectivity index (χ1n) is 6.40. The van der Waals surface area contributed by atoms with Gasteiger partial charge in [0, 0.05) is 23.4 Å². The molecule has 1 fully saturated rings. The Bertz CT molecular complexity index is 526. The number of nitro groups is 1. The number of carbonyl (C=O) groups is 1. The minimum atomic E-state index is -0.675. The standard InChI is InChI=1S/C14H17NO4S/c1-14(2)7-11(16)13(12(17)8-14)20-10-5-3-9(4-6-10)15(18)19/h3-6,11,13,16H,7-8H2,1-2H3/t11-,13+/m0/s1. The first-order valence-corrected chi connectivity index (χ1v) is 7.28. The molecule has 0 saturated heterocycles. The average Bonchev–Trinajstić information content (AvgIpc) is 2.33. The molecular weight excluding hydrogens is 278 g/mol. The fourth-order valence-electron chi connectivity index (χ4n) is 2.47. The van der Waals surface area contributed by atoms with Gasteiger partial charge < -0.3 is 5.11 Å². The lowest BCUT2D eigenvalue weighted by Crippen LogP contribution is -2.42. The largest absolute Gasteiger partial charge is 0.391 e. The third kappa shape index (κ3) is 3.37. The molecule has 0 unspecified atom stereocenters. The van der Waals surface area contributed by atoms with Crippen LogP contribution in [0.4, 0.5) is 5.69 Å². The number of carbonyl (C=O) groups excluding carboxylic acids is 1. The maximum atomic E-state index is 12.1. The molecule has 0 aromatic heterocycles. The number of aliphatic hydroxyl groups is 1.